The minimum Gasteiger partial charge on any atom is -0.453 e. The number of hydrogen-bond acceptors (Lipinski definition) is 3. The number of halogens is 1. The van der Waals surface area contributed by atoms with Gasteiger partial charge in [0.05, 0.1) is 7.11 Å². The molecule has 5 heteroatoms. The first kappa shape index (κ1) is 13.5. The lowest BCUT2D eigenvalue weighted by atomic mass is 10.0. The molecule has 0 spiro atoms. The van der Waals surface area contributed by atoms with Crippen LogP contribution in [-0.2, 0) is 4.74 Å². The van der Waals surface area contributed by atoms with Gasteiger partial charge in [-0.2, -0.15) is 0 Å². The molecular weight excluding hydrogens is 204 g/mol. The summed E-state index contributed by atoms with van der Waals surface area (Å²) in [5.41, 5.74) is 0. The molecular formula is C9H19ClN2O2. The fourth-order valence-corrected chi connectivity index (χ4v) is 1.66. The van der Waals surface area contributed by atoms with Crippen LogP contribution in [0.15, 0.2) is 0 Å². The van der Waals surface area contributed by atoms with Crippen LogP contribution in [0.5, 0.6) is 0 Å². The second-order valence-electron chi connectivity index (χ2n) is 3.68. The monoisotopic (exact) mass is 222 g/mol. The van der Waals surface area contributed by atoms with E-state index in [9.17, 15) is 4.79 Å². The van der Waals surface area contributed by atoms with E-state index in [0.717, 1.165) is 19.6 Å². The molecule has 14 heavy (non-hydrogen) atoms. The summed E-state index contributed by atoms with van der Waals surface area (Å²) in [5, 5.41) is 3.28. The van der Waals surface area contributed by atoms with Crippen molar-refractivity contribution in [3.63, 3.8) is 0 Å². The van der Waals surface area contributed by atoms with Crippen LogP contribution in [-0.4, -0.2) is 43.8 Å². The molecule has 0 radical (unpaired) electrons. The van der Waals surface area contributed by atoms with E-state index >= 15 is 0 Å². The van der Waals surface area contributed by atoms with Crippen molar-refractivity contribution >= 4 is 18.5 Å². The van der Waals surface area contributed by atoms with Gasteiger partial charge in [0.2, 0.25) is 0 Å². The Morgan fingerprint density at radius 2 is 2.21 bits per heavy atom. The van der Waals surface area contributed by atoms with Gasteiger partial charge in [-0.15, -0.1) is 12.4 Å². The summed E-state index contributed by atoms with van der Waals surface area (Å²) >= 11 is 0. The van der Waals surface area contributed by atoms with Crippen molar-refractivity contribution in [2.24, 2.45) is 5.92 Å². The molecule has 4 nitrogen and oxygen atoms in total. The first-order chi connectivity index (χ1) is 6.16. The van der Waals surface area contributed by atoms with Crippen LogP contribution in [0, 0.1) is 5.92 Å². The van der Waals surface area contributed by atoms with Gasteiger partial charge >= 0.3 is 6.09 Å². The average molecular weight is 223 g/mol. The number of ether oxygens (including phenoxy) is 1. The van der Waals surface area contributed by atoms with Gasteiger partial charge in [0, 0.05) is 25.7 Å². The summed E-state index contributed by atoms with van der Waals surface area (Å²) in [5.74, 6) is 0.465. The van der Waals surface area contributed by atoms with Gasteiger partial charge in [0.15, 0.2) is 0 Å². The van der Waals surface area contributed by atoms with Crippen LogP contribution in [0.2, 0.25) is 0 Å². The maximum absolute atomic E-state index is 11.4. The molecule has 1 amide bonds. The second kappa shape index (κ2) is 6.09. The van der Waals surface area contributed by atoms with Crippen molar-refractivity contribution in [2.75, 3.05) is 26.7 Å². The number of piperazine rings is 1. The quantitative estimate of drug-likeness (QED) is 0.723. The van der Waals surface area contributed by atoms with E-state index in [4.69, 9.17) is 4.74 Å². The Kier molecular flexibility index (Phi) is 5.88. The van der Waals surface area contributed by atoms with Crippen LogP contribution >= 0.6 is 12.4 Å². The van der Waals surface area contributed by atoms with Crippen LogP contribution in [0.1, 0.15) is 13.8 Å². The van der Waals surface area contributed by atoms with Crippen molar-refractivity contribution in [2.45, 2.75) is 19.9 Å². The van der Waals surface area contributed by atoms with Gasteiger partial charge in [0.25, 0.3) is 0 Å². The Balaban J connectivity index is 0.00000169. The highest BCUT2D eigenvalue weighted by molar-refractivity contribution is 5.85. The van der Waals surface area contributed by atoms with Gasteiger partial charge < -0.3 is 15.0 Å². The molecule has 1 unspecified atom stereocenters. The molecule has 1 saturated heterocycles. The first-order valence-corrected chi connectivity index (χ1v) is 4.72. The van der Waals surface area contributed by atoms with Crippen LogP contribution in [0.25, 0.3) is 0 Å². The summed E-state index contributed by atoms with van der Waals surface area (Å²) in [6.45, 7) is 6.71. The Morgan fingerprint density at radius 1 is 1.57 bits per heavy atom. The number of rotatable bonds is 1. The van der Waals surface area contributed by atoms with Crippen molar-refractivity contribution in [1.82, 2.24) is 10.2 Å². The molecule has 1 rings (SSSR count). The lowest BCUT2D eigenvalue weighted by Gasteiger charge is -2.37. The predicted octanol–water partition coefficient (Wildman–Crippen LogP) is 1.10. The molecule has 0 aromatic heterocycles. The van der Waals surface area contributed by atoms with Crippen molar-refractivity contribution in [1.29, 1.82) is 0 Å². The van der Waals surface area contributed by atoms with Gasteiger partial charge in [-0.3, -0.25) is 0 Å². The second-order valence-corrected chi connectivity index (χ2v) is 3.68. The number of nitrogens with zero attached hydrogens (tertiary/aromatic N) is 1. The Bertz CT molecular complexity index is 188. The van der Waals surface area contributed by atoms with E-state index in [-0.39, 0.29) is 24.5 Å². The molecule has 1 atom stereocenters. The maximum Gasteiger partial charge on any atom is 0.409 e. The highest BCUT2D eigenvalue weighted by Gasteiger charge is 2.28. The zero-order valence-electron chi connectivity index (χ0n) is 8.95. The van der Waals surface area contributed by atoms with E-state index in [1.54, 1.807) is 4.90 Å². The van der Waals surface area contributed by atoms with Gasteiger partial charge in [-0.1, -0.05) is 13.8 Å². The number of carbonyl (C=O) groups excluding carboxylic acids is 1. The van der Waals surface area contributed by atoms with Crippen molar-refractivity contribution in [3.8, 4) is 0 Å². The third-order valence-electron chi connectivity index (χ3n) is 2.46. The number of carbonyl (C=O) groups is 1. The molecule has 1 fully saturated rings. The number of nitrogens with one attached hydrogen (secondary N) is 1. The molecule has 0 aromatic rings. The fourth-order valence-electron chi connectivity index (χ4n) is 1.66. The Hall–Kier alpha value is -0.480. The highest BCUT2D eigenvalue weighted by atomic mass is 35.5. The largest absolute Gasteiger partial charge is 0.453 e. The van der Waals surface area contributed by atoms with Crippen LogP contribution in [0.4, 0.5) is 4.79 Å². The summed E-state index contributed by atoms with van der Waals surface area (Å²) < 4.78 is 4.73. The minimum absolute atomic E-state index is 0. The smallest absolute Gasteiger partial charge is 0.409 e. The number of methoxy groups -OCH3 is 1. The Labute approximate surface area is 91.4 Å². The summed E-state index contributed by atoms with van der Waals surface area (Å²) in [6.07, 6.45) is -0.208. The molecule has 1 N–H and O–H groups in total. The highest BCUT2D eigenvalue weighted by Crippen LogP contribution is 2.13. The fraction of sp³-hybridized carbons (Fsp3) is 0.889. The maximum atomic E-state index is 11.4. The molecule has 0 saturated carbocycles. The number of amides is 1. The summed E-state index contributed by atoms with van der Waals surface area (Å²) in [7, 11) is 1.43. The predicted molar refractivity (Wildman–Crippen MR) is 57.9 cm³/mol. The third-order valence-corrected chi connectivity index (χ3v) is 2.46. The average Bonchev–Trinajstić information content (AvgIpc) is 2.16. The zero-order chi connectivity index (χ0) is 9.84. The van der Waals surface area contributed by atoms with Gasteiger partial charge in [-0.05, 0) is 5.92 Å². The number of hydrogen-bond donors (Lipinski definition) is 1. The van der Waals surface area contributed by atoms with Gasteiger partial charge in [-0.25, -0.2) is 4.79 Å². The molecule has 0 bridgehead atoms. The molecule has 1 aliphatic rings. The Morgan fingerprint density at radius 3 is 2.71 bits per heavy atom. The lowest BCUT2D eigenvalue weighted by molar-refractivity contribution is 0.0808. The molecule has 0 aliphatic carbocycles. The van der Waals surface area contributed by atoms with E-state index in [2.05, 4.69) is 19.2 Å². The standard InChI is InChI=1S/C9H18N2O2.ClH/c1-7(2)8-6-10-4-5-11(8)9(12)13-3;/h7-8,10H,4-6H2,1-3H3;1H. The molecule has 1 heterocycles. The molecule has 84 valence electrons. The van der Waals surface area contributed by atoms with Crippen LogP contribution in [0.3, 0.4) is 0 Å². The van der Waals surface area contributed by atoms with E-state index in [1.807, 2.05) is 0 Å². The van der Waals surface area contributed by atoms with Gasteiger partial charge in [0.1, 0.15) is 0 Å². The third kappa shape index (κ3) is 3.03. The SMILES string of the molecule is COC(=O)N1CCNCC1C(C)C.Cl. The zero-order valence-corrected chi connectivity index (χ0v) is 9.76. The van der Waals surface area contributed by atoms with E-state index in [1.165, 1.54) is 7.11 Å². The van der Waals surface area contributed by atoms with Crippen LogP contribution < -0.4 is 5.32 Å². The normalized spacial score (nSPS) is 21.7. The molecule has 0 aromatic carbocycles. The van der Waals surface area contributed by atoms with Crippen molar-refractivity contribution in [3.05, 3.63) is 0 Å². The summed E-state index contributed by atoms with van der Waals surface area (Å²) in [6, 6.07) is 0.265. The summed E-state index contributed by atoms with van der Waals surface area (Å²) in [4.78, 5) is 13.2. The molecule has 1 aliphatic heterocycles. The lowest BCUT2D eigenvalue weighted by Crippen LogP contribution is -2.55. The first-order valence-electron chi connectivity index (χ1n) is 4.72. The topological polar surface area (TPSA) is 41.6 Å². The van der Waals surface area contributed by atoms with E-state index in [0.29, 0.717) is 5.92 Å². The minimum atomic E-state index is -0.208. The van der Waals surface area contributed by atoms with Crippen molar-refractivity contribution < 1.29 is 9.53 Å². The van der Waals surface area contributed by atoms with E-state index < -0.39 is 0 Å².